The summed E-state index contributed by atoms with van der Waals surface area (Å²) in [6.45, 7) is 2.01. The van der Waals surface area contributed by atoms with Crippen molar-refractivity contribution in [1.29, 1.82) is 0 Å². The van der Waals surface area contributed by atoms with Crippen LogP contribution in [0.4, 0.5) is 10.5 Å². The van der Waals surface area contributed by atoms with E-state index in [1.165, 1.54) is 24.2 Å². The Morgan fingerprint density at radius 1 is 1.02 bits per heavy atom. The number of carbonyl (C=O) groups is 2. The second-order valence-electron chi connectivity index (χ2n) is 9.72. The molecule has 0 aliphatic rings. The summed E-state index contributed by atoms with van der Waals surface area (Å²) < 4.78 is 6.17. The minimum atomic E-state index is -0.546. The van der Waals surface area contributed by atoms with Crippen molar-refractivity contribution in [3.8, 4) is 16.8 Å². The summed E-state index contributed by atoms with van der Waals surface area (Å²) in [4.78, 5) is 24.9. The zero-order valence-corrected chi connectivity index (χ0v) is 24.8. The number of ether oxygens (including phenoxy) is 1. The number of anilines is 1. The first-order chi connectivity index (χ1) is 21.4. The van der Waals surface area contributed by atoms with E-state index in [0.29, 0.717) is 40.5 Å². The van der Waals surface area contributed by atoms with Crippen LogP contribution in [0.5, 0.6) is 0 Å². The molecule has 3 aromatic carbocycles. The average Bonchev–Trinajstić information content (AvgIpc) is 3.59. The summed E-state index contributed by atoms with van der Waals surface area (Å²) in [5.41, 5.74) is 6.16. The molecular weight excluding hydrogens is 580 g/mol. The number of amides is 2. The van der Waals surface area contributed by atoms with Gasteiger partial charge in [0.1, 0.15) is 6.33 Å². The van der Waals surface area contributed by atoms with Crippen molar-refractivity contribution in [2.75, 3.05) is 12.4 Å². The van der Waals surface area contributed by atoms with Crippen molar-refractivity contribution in [2.45, 2.75) is 25.8 Å². The van der Waals surface area contributed by atoms with Crippen LogP contribution < -0.4 is 10.6 Å². The van der Waals surface area contributed by atoms with E-state index in [2.05, 4.69) is 41.1 Å². The number of nitrogens with zero attached hydrogens (tertiary/aromatic N) is 6. The molecule has 0 bridgehead atoms. The van der Waals surface area contributed by atoms with E-state index in [4.69, 9.17) is 11.6 Å². The molecule has 2 N–H and O–H groups in total. The summed E-state index contributed by atoms with van der Waals surface area (Å²) in [7, 11) is 1.31. The van der Waals surface area contributed by atoms with Crippen molar-refractivity contribution < 1.29 is 14.3 Å². The number of methoxy groups -OCH3 is 1. The van der Waals surface area contributed by atoms with E-state index >= 15 is 0 Å². The first-order valence-corrected chi connectivity index (χ1v) is 14.2. The van der Waals surface area contributed by atoms with Crippen LogP contribution in [0.1, 0.15) is 35.5 Å². The molecule has 2 aromatic heterocycles. The number of halogens is 1. The largest absolute Gasteiger partial charge is 0.453 e. The molecule has 0 aliphatic heterocycles. The van der Waals surface area contributed by atoms with Gasteiger partial charge in [0.2, 0.25) is 5.91 Å². The lowest BCUT2D eigenvalue weighted by atomic mass is 9.98. The molecule has 44 heavy (non-hydrogen) atoms. The Morgan fingerprint density at radius 2 is 1.82 bits per heavy atom. The fourth-order valence-electron chi connectivity index (χ4n) is 4.62. The van der Waals surface area contributed by atoms with E-state index in [0.717, 1.165) is 22.4 Å². The zero-order chi connectivity index (χ0) is 30.9. The highest BCUT2D eigenvalue weighted by atomic mass is 35.5. The van der Waals surface area contributed by atoms with Gasteiger partial charge >= 0.3 is 6.09 Å². The number of carbonyl (C=O) groups excluding carboxylic acids is 2. The summed E-state index contributed by atoms with van der Waals surface area (Å²) in [5.74, 6) is -0.324. The lowest BCUT2D eigenvalue weighted by molar-refractivity contribution is -0.117. The van der Waals surface area contributed by atoms with Crippen LogP contribution in [0.15, 0.2) is 91.3 Å². The predicted octanol–water partition coefficient (Wildman–Crippen LogP) is 5.63. The third kappa shape index (κ3) is 7.50. The van der Waals surface area contributed by atoms with Crippen LogP contribution in [0.2, 0.25) is 5.02 Å². The normalized spacial score (nSPS) is 11.7. The standard InChI is InChI=1S/C32H29ClN8O3/c1-3-27-26(22-9-13-25(14-10-22)35-32(43)44-2)19-29(38-37-27)28(17-21-7-5-4-6-8-21)36-31(42)16-11-23-18-24(33)12-15-30(23)41-20-34-39-40-41/h4-16,18-20,28H,3,17H2,1-2H3,(H,35,43)(H,36,42)/b16-11+. The van der Waals surface area contributed by atoms with Crippen LogP contribution in [-0.4, -0.2) is 49.5 Å². The molecule has 222 valence electrons. The number of aromatic nitrogens is 6. The second kappa shape index (κ2) is 14.2. The van der Waals surface area contributed by atoms with Crippen LogP contribution in [0, 0.1) is 0 Å². The first kappa shape index (κ1) is 30.1. The van der Waals surface area contributed by atoms with Crippen LogP contribution in [-0.2, 0) is 22.4 Å². The van der Waals surface area contributed by atoms with Crippen molar-refractivity contribution in [1.82, 2.24) is 35.7 Å². The number of tetrazole rings is 1. The Morgan fingerprint density at radius 3 is 2.52 bits per heavy atom. The van der Waals surface area contributed by atoms with Gasteiger partial charge in [0.25, 0.3) is 0 Å². The molecule has 12 heteroatoms. The van der Waals surface area contributed by atoms with Gasteiger partial charge in [0, 0.05) is 27.9 Å². The summed E-state index contributed by atoms with van der Waals surface area (Å²) >= 11 is 6.24. The zero-order valence-electron chi connectivity index (χ0n) is 24.0. The average molecular weight is 609 g/mol. The number of rotatable bonds is 10. The monoisotopic (exact) mass is 608 g/mol. The minimum absolute atomic E-state index is 0.324. The summed E-state index contributed by atoms with van der Waals surface area (Å²) in [6, 6.07) is 23.9. The van der Waals surface area contributed by atoms with Gasteiger partial charge in [-0.25, -0.2) is 4.79 Å². The topological polar surface area (TPSA) is 137 Å². The quantitative estimate of drug-likeness (QED) is 0.195. The third-order valence-electron chi connectivity index (χ3n) is 6.81. The van der Waals surface area contributed by atoms with Gasteiger partial charge in [-0.05, 0) is 76.9 Å². The summed E-state index contributed by atoms with van der Waals surface area (Å²) in [6.07, 6.45) is 5.19. The van der Waals surface area contributed by atoms with E-state index < -0.39 is 12.1 Å². The van der Waals surface area contributed by atoms with Crippen molar-refractivity contribution >= 4 is 35.4 Å². The second-order valence-corrected chi connectivity index (χ2v) is 10.2. The Hall–Kier alpha value is -5.42. The molecular formula is C32H29ClN8O3. The predicted molar refractivity (Wildman–Crippen MR) is 167 cm³/mol. The molecule has 0 radical (unpaired) electrons. The third-order valence-corrected chi connectivity index (χ3v) is 7.04. The maximum absolute atomic E-state index is 13.3. The van der Waals surface area contributed by atoms with Gasteiger partial charge in [0.15, 0.2) is 0 Å². The number of hydrogen-bond acceptors (Lipinski definition) is 8. The molecule has 0 saturated heterocycles. The maximum atomic E-state index is 13.3. The Bertz CT molecular complexity index is 1760. The molecule has 0 aliphatic carbocycles. The molecule has 1 unspecified atom stereocenters. The summed E-state index contributed by atoms with van der Waals surface area (Å²) in [5, 5.41) is 26.7. The van der Waals surface area contributed by atoms with Gasteiger partial charge < -0.3 is 10.1 Å². The molecule has 1 atom stereocenters. The van der Waals surface area contributed by atoms with Crippen molar-refractivity contribution in [3.63, 3.8) is 0 Å². The van der Waals surface area contributed by atoms with E-state index in [1.54, 1.807) is 36.4 Å². The van der Waals surface area contributed by atoms with Gasteiger partial charge in [-0.3, -0.25) is 10.1 Å². The molecule has 2 amide bonds. The molecule has 5 rings (SSSR count). The van der Waals surface area contributed by atoms with Gasteiger partial charge in [-0.15, -0.1) is 5.10 Å². The molecule has 11 nitrogen and oxygen atoms in total. The van der Waals surface area contributed by atoms with E-state index in [1.807, 2.05) is 55.5 Å². The first-order valence-electron chi connectivity index (χ1n) is 13.8. The number of nitrogens with one attached hydrogen (secondary N) is 2. The lowest BCUT2D eigenvalue weighted by Crippen LogP contribution is -2.29. The van der Waals surface area contributed by atoms with Gasteiger partial charge in [0.05, 0.1) is 30.2 Å². The SMILES string of the molecule is CCc1nnc(C(Cc2ccccc2)NC(=O)/C=C/c2cc(Cl)ccc2-n2cnnn2)cc1-c1ccc(NC(=O)OC)cc1. The van der Waals surface area contributed by atoms with E-state index in [9.17, 15) is 9.59 Å². The fourth-order valence-corrected chi connectivity index (χ4v) is 4.80. The Kier molecular flexibility index (Phi) is 9.68. The van der Waals surface area contributed by atoms with Crippen LogP contribution in [0.25, 0.3) is 22.9 Å². The highest BCUT2D eigenvalue weighted by Crippen LogP contribution is 2.28. The maximum Gasteiger partial charge on any atom is 0.411 e. The Balaban J connectivity index is 1.44. The highest BCUT2D eigenvalue weighted by molar-refractivity contribution is 6.30. The molecule has 0 fully saturated rings. The fraction of sp³-hybridized carbons (Fsp3) is 0.156. The number of aryl methyl sites for hydroxylation is 1. The lowest BCUT2D eigenvalue weighted by Gasteiger charge is -2.19. The Labute approximate surface area is 258 Å². The van der Waals surface area contributed by atoms with Crippen LogP contribution >= 0.6 is 11.6 Å². The van der Waals surface area contributed by atoms with Crippen molar-refractivity contribution in [3.05, 3.63) is 119 Å². The van der Waals surface area contributed by atoms with Crippen LogP contribution in [0.3, 0.4) is 0 Å². The van der Waals surface area contributed by atoms with Gasteiger partial charge in [-0.1, -0.05) is 61.0 Å². The van der Waals surface area contributed by atoms with Gasteiger partial charge in [-0.2, -0.15) is 14.9 Å². The number of hydrogen-bond donors (Lipinski definition) is 2. The number of benzene rings is 3. The molecule has 5 aromatic rings. The smallest absolute Gasteiger partial charge is 0.411 e. The van der Waals surface area contributed by atoms with E-state index in [-0.39, 0.29) is 5.91 Å². The highest BCUT2D eigenvalue weighted by Gasteiger charge is 2.19. The van der Waals surface area contributed by atoms with Crippen molar-refractivity contribution in [2.24, 2.45) is 0 Å². The molecule has 0 saturated carbocycles. The minimum Gasteiger partial charge on any atom is -0.453 e. The molecule has 2 heterocycles. The molecule has 0 spiro atoms.